The van der Waals surface area contributed by atoms with Crippen molar-refractivity contribution in [2.45, 2.75) is 33.2 Å². The quantitative estimate of drug-likeness (QED) is 0.916. The minimum Gasteiger partial charge on any atom is -0.306 e. The van der Waals surface area contributed by atoms with Crippen molar-refractivity contribution in [1.82, 2.24) is 15.5 Å². The molecule has 1 atom stereocenters. The van der Waals surface area contributed by atoms with Gasteiger partial charge in [0.15, 0.2) is 0 Å². The number of hydrogen-bond donors (Lipinski definition) is 1. The van der Waals surface area contributed by atoms with Crippen molar-refractivity contribution in [2.24, 2.45) is 0 Å². The normalized spacial score (nSPS) is 12.4. The van der Waals surface area contributed by atoms with Crippen LogP contribution >= 0.6 is 0 Å². The zero-order valence-electron chi connectivity index (χ0n) is 12.5. The van der Waals surface area contributed by atoms with Crippen LogP contribution < -0.4 is 5.32 Å². The number of hydrogen-bond acceptors (Lipinski definition) is 3. The molecule has 21 heavy (non-hydrogen) atoms. The molecule has 1 aromatic heterocycles. The highest BCUT2D eigenvalue weighted by Gasteiger charge is 2.20. The first kappa shape index (κ1) is 15.5. The maximum atomic E-state index is 14.1. The van der Waals surface area contributed by atoms with Gasteiger partial charge in [0.05, 0.1) is 17.4 Å². The van der Waals surface area contributed by atoms with E-state index in [2.05, 4.69) is 15.5 Å². The Labute approximate surface area is 123 Å². The fourth-order valence-corrected chi connectivity index (χ4v) is 2.27. The van der Waals surface area contributed by atoms with Crippen molar-refractivity contribution in [3.63, 3.8) is 0 Å². The highest BCUT2D eigenvalue weighted by Crippen LogP contribution is 2.26. The second-order valence-electron chi connectivity index (χ2n) is 5.08. The number of rotatable bonds is 5. The van der Waals surface area contributed by atoms with Gasteiger partial charge in [0.2, 0.25) is 0 Å². The molecule has 0 radical (unpaired) electrons. The Bertz CT molecular complexity index is 629. The van der Waals surface area contributed by atoms with Crippen LogP contribution in [0.3, 0.4) is 0 Å². The topological polar surface area (TPSA) is 37.8 Å². The molecule has 3 nitrogen and oxygen atoms in total. The van der Waals surface area contributed by atoms with Crippen molar-refractivity contribution >= 4 is 0 Å². The van der Waals surface area contributed by atoms with Crippen LogP contribution in [0.4, 0.5) is 8.78 Å². The summed E-state index contributed by atoms with van der Waals surface area (Å²) in [5, 5.41) is 11.4. The van der Waals surface area contributed by atoms with Gasteiger partial charge in [-0.15, -0.1) is 0 Å². The Morgan fingerprint density at radius 3 is 2.52 bits per heavy atom. The summed E-state index contributed by atoms with van der Waals surface area (Å²) in [4.78, 5) is 0. The smallest absolute Gasteiger partial charge is 0.131 e. The number of halogens is 2. The van der Waals surface area contributed by atoms with E-state index in [4.69, 9.17) is 0 Å². The van der Waals surface area contributed by atoms with Crippen LogP contribution in [0.25, 0.3) is 0 Å². The lowest BCUT2D eigenvalue weighted by Crippen LogP contribution is -2.25. The number of nitrogens with one attached hydrogen (secondary N) is 1. The molecule has 2 rings (SSSR count). The molecule has 1 N–H and O–H groups in total. The molecule has 0 aliphatic rings. The maximum absolute atomic E-state index is 14.1. The van der Waals surface area contributed by atoms with E-state index in [1.165, 1.54) is 12.1 Å². The summed E-state index contributed by atoms with van der Waals surface area (Å²) in [5.41, 5.74) is 2.78. The molecule has 0 saturated carbocycles. The van der Waals surface area contributed by atoms with Gasteiger partial charge in [0.1, 0.15) is 11.6 Å². The lowest BCUT2D eigenvalue weighted by molar-refractivity contribution is 0.530. The highest BCUT2D eigenvalue weighted by molar-refractivity contribution is 5.35. The Morgan fingerprint density at radius 1 is 1.10 bits per heavy atom. The predicted octanol–water partition coefficient (Wildman–Crippen LogP) is 3.46. The maximum Gasteiger partial charge on any atom is 0.131 e. The van der Waals surface area contributed by atoms with Crippen molar-refractivity contribution in [1.29, 1.82) is 0 Å². The number of aryl methyl sites for hydroxylation is 2. The van der Waals surface area contributed by atoms with E-state index in [1.54, 1.807) is 0 Å². The first-order chi connectivity index (χ1) is 10.0. The largest absolute Gasteiger partial charge is 0.306 e. The molecule has 5 heteroatoms. The fourth-order valence-electron chi connectivity index (χ4n) is 2.27. The van der Waals surface area contributed by atoms with Crippen molar-refractivity contribution in [3.05, 3.63) is 58.4 Å². The first-order valence-corrected chi connectivity index (χ1v) is 7.02. The Morgan fingerprint density at radius 2 is 1.86 bits per heavy atom. The highest BCUT2D eigenvalue weighted by atomic mass is 19.1. The molecule has 0 aliphatic heterocycles. The molecule has 0 spiro atoms. The number of nitrogens with zero attached hydrogens (tertiary/aromatic N) is 2. The molecule has 1 unspecified atom stereocenters. The molecule has 0 aliphatic carbocycles. The lowest BCUT2D eigenvalue weighted by Gasteiger charge is -2.21. The van der Waals surface area contributed by atoms with Crippen molar-refractivity contribution in [3.8, 4) is 0 Å². The van der Waals surface area contributed by atoms with Gasteiger partial charge in [-0.3, -0.25) is 0 Å². The third-order valence-corrected chi connectivity index (χ3v) is 3.32. The molecular weight excluding hydrogens is 272 g/mol. The van der Waals surface area contributed by atoms with Gasteiger partial charge < -0.3 is 5.32 Å². The van der Waals surface area contributed by atoms with E-state index < -0.39 is 11.6 Å². The summed E-state index contributed by atoms with van der Waals surface area (Å²) >= 11 is 0. The molecule has 2 aromatic rings. The van der Waals surface area contributed by atoms with Crippen LogP contribution in [0.2, 0.25) is 0 Å². The van der Waals surface area contributed by atoms with Crippen molar-refractivity contribution < 1.29 is 8.78 Å². The second kappa shape index (κ2) is 6.72. The lowest BCUT2D eigenvalue weighted by atomic mass is 9.96. The van der Waals surface area contributed by atoms with E-state index in [-0.39, 0.29) is 6.04 Å². The van der Waals surface area contributed by atoms with E-state index in [0.717, 1.165) is 36.0 Å². The molecule has 1 heterocycles. The molecule has 0 fully saturated rings. The van der Waals surface area contributed by atoms with Crippen LogP contribution in [0.15, 0.2) is 24.3 Å². The van der Waals surface area contributed by atoms with Crippen LogP contribution in [0, 0.1) is 25.5 Å². The zero-order chi connectivity index (χ0) is 15.4. The average molecular weight is 291 g/mol. The minimum absolute atomic E-state index is 0.361. The third kappa shape index (κ3) is 3.61. The Balaban J connectivity index is 2.49. The molecule has 0 bridgehead atoms. The Kier molecular flexibility index (Phi) is 4.96. The Hall–Kier alpha value is -1.88. The van der Waals surface area contributed by atoms with E-state index in [1.807, 2.05) is 26.8 Å². The molecule has 0 saturated heterocycles. The van der Waals surface area contributed by atoms with Crippen LogP contribution in [-0.4, -0.2) is 16.7 Å². The van der Waals surface area contributed by atoms with Gasteiger partial charge >= 0.3 is 0 Å². The summed E-state index contributed by atoms with van der Waals surface area (Å²) < 4.78 is 27.3. The van der Waals surface area contributed by atoms with Crippen LogP contribution in [-0.2, 0) is 0 Å². The van der Waals surface area contributed by atoms with Crippen LogP contribution in [0.5, 0.6) is 0 Å². The summed E-state index contributed by atoms with van der Waals surface area (Å²) in [6.45, 7) is 6.44. The third-order valence-electron chi connectivity index (χ3n) is 3.32. The van der Waals surface area contributed by atoms with Gasteiger partial charge in [0, 0.05) is 11.6 Å². The van der Waals surface area contributed by atoms with Gasteiger partial charge in [-0.2, -0.15) is 10.2 Å². The van der Waals surface area contributed by atoms with Gasteiger partial charge in [0.25, 0.3) is 0 Å². The molecular formula is C16H19F2N3. The first-order valence-electron chi connectivity index (χ1n) is 7.02. The summed E-state index contributed by atoms with van der Waals surface area (Å²) in [6.07, 6.45) is 0.913. The summed E-state index contributed by atoms with van der Waals surface area (Å²) in [6, 6.07) is 5.19. The monoisotopic (exact) mass is 291 g/mol. The second-order valence-corrected chi connectivity index (χ2v) is 5.08. The number of benzene rings is 1. The summed E-state index contributed by atoms with van der Waals surface area (Å²) in [7, 11) is 0. The van der Waals surface area contributed by atoms with Crippen LogP contribution in [0.1, 0.15) is 41.9 Å². The van der Waals surface area contributed by atoms with E-state index in [0.29, 0.717) is 5.56 Å². The molecule has 112 valence electrons. The SMILES string of the molecule is CCCNC(c1ccc(F)cc1F)c1cc(C)nnc1C. The standard InChI is InChI=1S/C16H19F2N3/c1-4-7-19-16(13-6-5-12(17)9-15(13)18)14-8-10(2)20-21-11(14)3/h5-6,8-9,16,19H,4,7H2,1-3H3. The minimum atomic E-state index is -0.578. The predicted molar refractivity (Wildman–Crippen MR) is 78.0 cm³/mol. The van der Waals surface area contributed by atoms with E-state index >= 15 is 0 Å². The number of aromatic nitrogens is 2. The summed E-state index contributed by atoms with van der Waals surface area (Å²) in [5.74, 6) is -1.14. The zero-order valence-corrected chi connectivity index (χ0v) is 12.5. The fraction of sp³-hybridized carbons (Fsp3) is 0.375. The van der Waals surface area contributed by atoms with Gasteiger partial charge in [-0.25, -0.2) is 8.78 Å². The van der Waals surface area contributed by atoms with Gasteiger partial charge in [-0.05, 0) is 44.5 Å². The molecule has 0 amide bonds. The van der Waals surface area contributed by atoms with E-state index in [9.17, 15) is 8.78 Å². The van der Waals surface area contributed by atoms with Gasteiger partial charge in [-0.1, -0.05) is 13.0 Å². The molecule has 1 aromatic carbocycles. The average Bonchev–Trinajstić information content (AvgIpc) is 2.44. The van der Waals surface area contributed by atoms with Crippen molar-refractivity contribution in [2.75, 3.05) is 6.54 Å².